The number of benzene rings is 3. The number of carbonyl (C=O) groups is 2. The molecule has 2 nitrogen and oxygen atoms in total. The summed E-state index contributed by atoms with van der Waals surface area (Å²) in [6.45, 7) is 0. The lowest BCUT2D eigenvalue weighted by molar-refractivity contribution is 0.111. The number of aldehydes is 2. The first-order valence-electron chi connectivity index (χ1n) is 9.13. The van der Waals surface area contributed by atoms with E-state index in [2.05, 4.69) is 29.6 Å². The highest BCUT2D eigenvalue weighted by Gasteiger charge is 1.95. The zero-order valence-electron chi connectivity index (χ0n) is 16.1. The summed E-state index contributed by atoms with van der Waals surface area (Å²) in [7, 11) is 0. The average Bonchev–Trinajstić information content (AvgIpc) is 2.82. The zero-order valence-corrected chi connectivity index (χ0v) is 16.1. The van der Waals surface area contributed by atoms with Crippen molar-refractivity contribution in [2.45, 2.75) is 0 Å². The summed E-state index contributed by atoms with van der Waals surface area (Å²) in [5, 5.41) is 0. The first kappa shape index (κ1) is 20.2. The maximum atomic E-state index is 10.8. The van der Waals surface area contributed by atoms with Crippen molar-refractivity contribution in [3.8, 4) is 36.0 Å². The number of hydrogen-bond donors (Lipinski definition) is 0. The lowest BCUT2D eigenvalue weighted by atomic mass is 10.1. The molecule has 3 rings (SSSR count). The molecule has 2 heteroatoms. The first-order valence-corrected chi connectivity index (χ1v) is 9.13. The average molecular weight is 384 g/mol. The lowest BCUT2D eigenvalue weighted by Crippen LogP contribution is -1.83. The number of carbonyl (C=O) groups excluding carboxylic acids is 2. The van der Waals surface area contributed by atoms with Gasteiger partial charge in [-0.05, 0) is 48.0 Å². The van der Waals surface area contributed by atoms with Gasteiger partial charge in [0.25, 0.3) is 0 Å². The Hall–Kier alpha value is -4.58. The fourth-order valence-corrected chi connectivity index (χ4v) is 2.51. The molecule has 0 spiro atoms. The maximum absolute atomic E-state index is 10.8. The van der Waals surface area contributed by atoms with Gasteiger partial charge in [0, 0.05) is 27.8 Å². The monoisotopic (exact) mass is 384 g/mol. The molecular formula is C28H16O2. The van der Waals surface area contributed by atoms with E-state index in [9.17, 15) is 9.59 Å². The van der Waals surface area contributed by atoms with E-state index in [1.54, 1.807) is 48.5 Å². The fraction of sp³-hybridized carbons (Fsp3) is 0. The van der Waals surface area contributed by atoms with E-state index in [1.165, 1.54) is 0 Å². The smallest absolute Gasteiger partial charge is 0.150 e. The Morgan fingerprint density at radius 2 is 1.00 bits per heavy atom. The molecule has 0 atom stereocenters. The molecule has 0 aliphatic rings. The van der Waals surface area contributed by atoms with Crippen LogP contribution in [0.5, 0.6) is 0 Å². The number of rotatable bonds is 3. The van der Waals surface area contributed by atoms with Gasteiger partial charge in [-0.1, -0.05) is 66.0 Å². The van der Waals surface area contributed by atoms with Crippen molar-refractivity contribution in [3.05, 3.63) is 112 Å². The second-order valence-electron chi connectivity index (χ2n) is 6.30. The molecule has 0 saturated carbocycles. The van der Waals surface area contributed by atoms with Crippen LogP contribution < -0.4 is 0 Å². The van der Waals surface area contributed by atoms with Gasteiger partial charge < -0.3 is 0 Å². The molecule has 140 valence electrons. The second-order valence-corrected chi connectivity index (χ2v) is 6.30. The van der Waals surface area contributed by atoms with E-state index in [0.717, 1.165) is 34.8 Å². The van der Waals surface area contributed by atoms with E-state index >= 15 is 0 Å². The summed E-state index contributed by atoms with van der Waals surface area (Å²) >= 11 is 0. The summed E-state index contributed by atoms with van der Waals surface area (Å²) < 4.78 is 0. The highest BCUT2D eigenvalue weighted by Crippen LogP contribution is 2.09. The predicted octanol–water partition coefficient (Wildman–Crippen LogP) is 4.78. The van der Waals surface area contributed by atoms with Crippen LogP contribution in [-0.2, 0) is 0 Å². The third kappa shape index (κ3) is 5.71. The molecule has 0 bridgehead atoms. The quantitative estimate of drug-likeness (QED) is 0.481. The van der Waals surface area contributed by atoms with Gasteiger partial charge in [-0.2, -0.15) is 0 Å². The van der Waals surface area contributed by atoms with Crippen LogP contribution in [0.4, 0.5) is 0 Å². The van der Waals surface area contributed by atoms with Crippen LogP contribution >= 0.6 is 0 Å². The van der Waals surface area contributed by atoms with E-state index in [0.29, 0.717) is 16.7 Å². The van der Waals surface area contributed by atoms with Crippen molar-refractivity contribution < 1.29 is 9.59 Å². The molecule has 30 heavy (non-hydrogen) atoms. The topological polar surface area (TPSA) is 34.1 Å². The molecule has 0 amide bonds. The van der Waals surface area contributed by atoms with E-state index in [4.69, 9.17) is 6.42 Å². The minimum absolute atomic E-state index is 0.600. The standard InChI is InChI=1S/C28H16O2/c1-2-22-3-11-25(12-4-22)19-26(13-5-23-7-15-27(20-29)16-8-23)14-6-24-9-17-28(21-30)18-10-24/h1,3-4,7-12,15-21H. The fourth-order valence-electron chi connectivity index (χ4n) is 2.51. The van der Waals surface area contributed by atoms with E-state index in [1.807, 2.05) is 30.3 Å². The van der Waals surface area contributed by atoms with Crippen LogP contribution in [0, 0.1) is 36.0 Å². The highest BCUT2D eigenvalue weighted by molar-refractivity contribution is 5.75. The molecule has 0 unspecified atom stereocenters. The van der Waals surface area contributed by atoms with Crippen molar-refractivity contribution in [3.63, 3.8) is 0 Å². The maximum Gasteiger partial charge on any atom is 0.150 e. The third-order valence-corrected chi connectivity index (χ3v) is 4.16. The summed E-state index contributed by atoms with van der Waals surface area (Å²) in [6.07, 6.45) is 8.89. The van der Waals surface area contributed by atoms with Crippen LogP contribution in [0.25, 0.3) is 6.08 Å². The molecule has 0 radical (unpaired) electrons. The SMILES string of the molecule is C#Cc1ccc(C=C(C#Cc2ccc(C=O)cc2)C#Cc2ccc(C=O)cc2)cc1. The minimum atomic E-state index is 0.600. The predicted molar refractivity (Wildman–Crippen MR) is 120 cm³/mol. The molecule has 3 aromatic rings. The Kier molecular flexibility index (Phi) is 6.79. The Balaban J connectivity index is 1.95. The first-order chi connectivity index (χ1) is 14.7. The Bertz CT molecular complexity index is 1170. The summed E-state index contributed by atoms with van der Waals surface area (Å²) in [4.78, 5) is 21.6. The van der Waals surface area contributed by atoms with Crippen molar-refractivity contribution >= 4 is 18.6 Å². The van der Waals surface area contributed by atoms with Crippen molar-refractivity contribution in [2.75, 3.05) is 0 Å². The van der Waals surface area contributed by atoms with E-state index in [-0.39, 0.29) is 0 Å². The van der Waals surface area contributed by atoms with Gasteiger partial charge in [0.05, 0.1) is 5.57 Å². The Morgan fingerprint density at radius 1 is 0.600 bits per heavy atom. The van der Waals surface area contributed by atoms with Gasteiger partial charge in [0.2, 0.25) is 0 Å². The molecular weight excluding hydrogens is 368 g/mol. The zero-order chi connectivity index (χ0) is 21.2. The molecule has 0 saturated heterocycles. The molecule has 0 fully saturated rings. The van der Waals surface area contributed by atoms with E-state index < -0.39 is 0 Å². The summed E-state index contributed by atoms with van der Waals surface area (Å²) in [5.41, 5.74) is 5.13. The summed E-state index contributed by atoms with van der Waals surface area (Å²) in [5.74, 6) is 14.9. The van der Waals surface area contributed by atoms with Gasteiger partial charge in [0.15, 0.2) is 0 Å². The normalized spacial score (nSPS) is 9.03. The molecule has 0 N–H and O–H groups in total. The van der Waals surface area contributed by atoms with Crippen molar-refractivity contribution in [1.29, 1.82) is 0 Å². The largest absolute Gasteiger partial charge is 0.298 e. The molecule has 3 aromatic carbocycles. The number of allylic oxidation sites excluding steroid dienone is 1. The lowest BCUT2D eigenvalue weighted by Gasteiger charge is -1.96. The van der Waals surface area contributed by atoms with Crippen LogP contribution in [0.15, 0.2) is 78.4 Å². The van der Waals surface area contributed by atoms with Crippen LogP contribution in [0.1, 0.15) is 43.0 Å². The number of terminal acetylenes is 1. The molecule has 0 aromatic heterocycles. The number of hydrogen-bond acceptors (Lipinski definition) is 2. The Morgan fingerprint density at radius 3 is 1.40 bits per heavy atom. The van der Waals surface area contributed by atoms with Gasteiger partial charge in [-0.15, -0.1) is 6.42 Å². The highest BCUT2D eigenvalue weighted by atomic mass is 16.1. The van der Waals surface area contributed by atoms with Crippen molar-refractivity contribution in [1.82, 2.24) is 0 Å². The summed E-state index contributed by atoms with van der Waals surface area (Å²) in [6, 6.07) is 21.6. The van der Waals surface area contributed by atoms with Gasteiger partial charge in [-0.3, -0.25) is 9.59 Å². The van der Waals surface area contributed by atoms with Crippen molar-refractivity contribution in [2.24, 2.45) is 0 Å². The molecule has 0 aliphatic carbocycles. The third-order valence-electron chi connectivity index (χ3n) is 4.16. The molecule has 0 aliphatic heterocycles. The van der Waals surface area contributed by atoms with Crippen LogP contribution in [0.2, 0.25) is 0 Å². The minimum Gasteiger partial charge on any atom is -0.298 e. The van der Waals surface area contributed by atoms with Gasteiger partial charge in [0.1, 0.15) is 12.6 Å². The van der Waals surface area contributed by atoms with Gasteiger partial charge in [-0.25, -0.2) is 0 Å². The molecule has 0 heterocycles. The Labute approximate surface area is 176 Å². The van der Waals surface area contributed by atoms with Gasteiger partial charge >= 0.3 is 0 Å². The van der Waals surface area contributed by atoms with Crippen LogP contribution in [-0.4, -0.2) is 12.6 Å². The van der Waals surface area contributed by atoms with Crippen LogP contribution in [0.3, 0.4) is 0 Å². The second kappa shape index (κ2) is 10.1.